The highest BCUT2D eigenvalue weighted by molar-refractivity contribution is 14.0. The van der Waals surface area contributed by atoms with E-state index in [1.807, 2.05) is 29.2 Å². The topological polar surface area (TPSA) is 81.7 Å². The second-order valence-corrected chi connectivity index (χ2v) is 7.55. The quantitative estimate of drug-likeness (QED) is 0.197. The number of benzene rings is 1. The van der Waals surface area contributed by atoms with Crippen molar-refractivity contribution in [3.05, 3.63) is 36.4 Å². The van der Waals surface area contributed by atoms with Gasteiger partial charge in [-0.15, -0.1) is 24.0 Å². The van der Waals surface area contributed by atoms with Gasteiger partial charge < -0.3 is 20.9 Å². The Balaban J connectivity index is 0.00000341. The summed E-state index contributed by atoms with van der Waals surface area (Å²) in [6.07, 6.45) is 4.91. The Bertz CT molecular complexity index is 844. The first kappa shape index (κ1) is 25.2. The van der Waals surface area contributed by atoms with Crippen molar-refractivity contribution in [1.82, 2.24) is 20.5 Å². The SMILES string of the molecule is CCNC(=NCCCN1CCCCCC1=O)NCCNc1ccc2ccccc2n1.I. The molecule has 2 heterocycles. The lowest BCUT2D eigenvalue weighted by Crippen LogP contribution is -2.39. The number of aliphatic imine (C=N–C) groups is 1. The highest BCUT2D eigenvalue weighted by atomic mass is 127. The standard InChI is InChI=1S/C23H34N6O.HI/c1-2-24-23(26-14-8-18-29-17-7-3-4-11-22(29)30)27-16-15-25-21-13-12-19-9-5-6-10-20(19)28-21;/h5-6,9-10,12-13H,2-4,7-8,11,14-18H2,1H3,(H,25,28)(H2,24,26,27);1H. The number of guanidine groups is 1. The van der Waals surface area contributed by atoms with E-state index in [9.17, 15) is 4.79 Å². The van der Waals surface area contributed by atoms with Gasteiger partial charge in [0.15, 0.2) is 5.96 Å². The van der Waals surface area contributed by atoms with E-state index in [0.717, 1.165) is 81.1 Å². The maximum absolute atomic E-state index is 12.1. The Hall–Kier alpha value is -2.10. The fourth-order valence-electron chi connectivity index (χ4n) is 3.61. The maximum Gasteiger partial charge on any atom is 0.222 e. The van der Waals surface area contributed by atoms with E-state index in [1.165, 1.54) is 0 Å². The van der Waals surface area contributed by atoms with Crippen molar-refractivity contribution >= 4 is 52.6 Å². The number of nitrogens with zero attached hydrogens (tertiary/aromatic N) is 3. The largest absolute Gasteiger partial charge is 0.368 e. The molecule has 1 fully saturated rings. The predicted molar refractivity (Wildman–Crippen MR) is 139 cm³/mol. The van der Waals surface area contributed by atoms with Crippen LogP contribution in [0.1, 0.15) is 39.0 Å². The van der Waals surface area contributed by atoms with Crippen molar-refractivity contribution in [2.24, 2.45) is 4.99 Å². The molecule has 0 atom stereocenters. The molecule has 8 heteroatoms. The summed E-state index contributed by atoms with van der Waals surface area (Å²) in [6, 6.07) is 12.2. The lowest BCUT2D eigenvalue weighted by molar-refractivity contribution is -0.130. The first-order valence-electron chi connectivity index (χ1n) is 11.2. The number of hydrogen-bond acceptors (Lipinski definition) is 4. The van der Waals surface area contributed by atoms with Crippen LogP contribution in [0.2, 0.25) is 0 Å². The molecule has 1 aliphatic rings. The smallest absolute Gasteiger partial charge is 0.222 e. The van der Waals surface area contributed by atoms with Gasteiger partial charge in [-0.3, -0.25) is 9.79 Å². The molecule has 1 aromatic carbocycles. The molecule has 0 spiro atoms. The molecule has 3 N–H and O–H groups in total. The fraction of sp³-hybridized carbons (Fsp3) is 0.522. The number of anilines is 1. The van der Waals surface area contributed by atoms with Crippen LogP contribution in [-0.4, -0.2) is 61.0 Å². The van der Waals surface area contributed by atoms with Crippen LogP contribution >= 0.6 is 24.0 Å². The number of amides is 1. The van der Waals surface area contributed by atoms with Crippen LogP contribution in [0.15, 0.2) is 41.4 Å². The van der Waals surface area contributed by atoms with Crippen LogP contribution in [0, 0.1) is 0 Å². The highest BCUT2D eigenvalue weighted by Crippen LogP contribution is 2.14. The highest BCUT2D eigenvalue weighted by Gasteiger charge is 2.15. The normalized spacial score (nSPS) is 14.7. The minimum atomic E-state index is 0. The first-order chi connectivity index (χ1) is 14.8. The molecule has 170 valence electrons. The Kier molecular flexibility index (Phi) is 11.4. The summed E-state index contributed by atoms with van der Waals surface area (Å²) in [5.74, 6) is 1.99. The molecule has 1 amide bonds. The molecule has 7 nitrogen and oxygen atoms in total. The van der Waals surface area contributed by atoms with Crippen molar-refractivity contribution in [3.8, 4) is 0 Å². The van der Waals surface area contributed by atoms with Crippen molar-refractivity contribution in [3.63, 3.8) is 0 Å². The van der Waals surface area contributed by atoms with Crippen molar-refractivity contribution < 1.29 is 4.79 Å². The summed E-state index contributed by atoms with van der Waals surface area (Å²) >= 11 is 0. The van der Waals surface area contributed by atoms with Gasteiger partial charge in [0.1, 0.15) is 5.82 Å². The summed E-state index contributed by atoms with van der Waals surface area (Å²) in [5.41, 5.74) is 0.994. The van der Waals surface area contributed by atoms with E-state index in [2.05, 4.69) is 45.0 Å². The number of pyridine rings is 1. The van der Waals surface area contributed by atoms with Gasteiger partial charge in [0, 0.05) is 51.1 Å². The zero-order chi connectivity index (χ0) is 21.0. The van der Waals surface area contributed by atoms with Crippen LogP contribution in [0.5, 0.6) is 0 Å². The van der Waals surface area contributed by atoms with Crippen molar-refractivity contribution in [2.75, 3.05) is 44.6 Å². The monoisotopic (exact) mass is 538 g/mol. The van der Waals surface area contributed by atoms with E-state index in [1.54, 1.807) is 0 Å². The Morgan fingerprint density at radius 2 is 1.97 bits per heavy atom. The molecule has 31 heavy (non-hydrogen) atoms. The van der Waals surface area contributed by atoms with Crippen molar-refractivity contribution in [2.45, 2.75) is 39.0 Å². The number of carbonyl (C=O) groups excluding carboxylic acids is 1. The number of para-hydroxylation sites is 1. The number of aromatic nitrogens is 1. The van der Waals surface area contributed by atoms with E-state index in [-0.39, 0.29) is 24.0 Å². The van der Waals surface area contributed by atoms with Gasteiger partial charge in [0.2, 0.25) is 5.91 Å². The number of nitrogens with one attached hydrogen (secondary N) is 3. The zero-order valence-electron chi connectivity index (χ0n) is 18.4. The van der Waals surface area contributed by atoms with E-state index < -0.39 is 0 Å². The molecule has 3 rings (SSSR count). The molecular formula is C23H35IN6O. The zero-order valence-corrected chi connectivity index (χ0v) is 20.7. The third-order valence-corrected chi connectivity index (χ3v) is 5.19. The maximum atomic E-state index is 12.1. The second kappa shape index (κ2) is 14.1. The van der Waals surface area contributed by atoms with E-state index in [0.29, 0.717) is 18.9 Å². The summed E-state index contributed by atoms with van der Waals surface area (Å²) < 4.78 is 0. The summed E-state index contributed by atoms with van der Waals surface area (Å²) in [7, 11) is 0. The molecule has 0 aliphatic carbocycles. The van der Waals surface area contributed by atoms with Crippen LogP contribution in [0.3, 0.4) is 0 Å². The summed E-state index contributed by atoms with van der Waals surface area (Å²) in [5, 5.41) is 11.1. The van der Waals surface area contributed by atoms with Gasteiger partial charge in [-0.2, -0.15) is 0 Å². The minimum Gasteiger partial charge on any atom is -0.368 e. The van der Waals surface area contributed by atoms with Gasteiger partial charge in [-0.1, -0.05) is 24.6 Å². The molecule has 1 aliphatic heterocycles. The van der Waals surface area contributed by atoms with Gasteiger partial charge in [0.25, 0.3) is 0 Å². The molecule has 1 saturated heterocycles. The third kappa shape index (κ3) is 8.51. The number of carbonyl (C=O) groups is 1. The lowest BCUT2D eigenvalue weighted by Gasteiger charge is -2.20. The van der Waals surface area contributed by atoms with Crippen LogP contribution < -0.4 is 16.0 Å². The number of fused-ring (bicyclic) bond motifs is 1. The minimum absolute atomic E-state index is 0. The number of halogens is 1. The van der Waals surface area contributed by atoms with Crippen LogP contribution in [0.4, 0.5) is 5.82 Å². The van der Waals surface area contributed by atoms with Gasteiger partial charge >= 0.3 is 0 Å². The summed E-state index contributed by atoms with van der Waals surface area (Å²) in [4.78, 5) is 23.3. The molecule has 0 unspecified atom stereocenters. The first-order valence-corrected chi connectivity index (χ1v) is 11.2. The third-order valence-electron chi connectivity index (χ3n) is 5.19. The summed E-state index contributed by atoms with van der Waals surface area (Å²) in [6.45, 7) is 6.77. The molecule has 0 bridgehead atoms. The van der Waals surface area contributed by atoms with E-state index >= 15 is 0 Å². The Labute approximate surface area is 202 Å². The Morgan fingerprint density at radius 1 is 1.10 bits per heavy atom. The molecule has 0 radical (unpaired) electrons. The number of likely N-dealkylation sites (tertiary alicyclic amines) is 1. The van der Waals surface area contributed by atoms with Crippen LogP contribution in [0.25, 0.3) is 10.9 Å². The van der Waals surface area contributed by atoms with Crippen molar-refractivity contribution in [1.29, 1.82) is 0 Å². The molecule has 2 aromatic rings. The van der Waals surface area contributed by atoms with Crippen LogP contribution in [-0.2, 0) is 4.79 Å². The second-order valence-electron chi connectivity index (χ2n) is 7.55. The van der Waals surface area contributed by atoms with Gasteiger partial charge in [-0.05, 0) is 44.4 Å². The van der Waals surface area contributed by atoms with Gasteiger partial charge in [-0.25, -0.2) is 4.98 Å². The van der Waals surface area contributed by atoms with Gasteiger partial charge in [0.05, 0.1) is 5.52 Å². The average Bonchev–Trinajstić information content (AvgIpc) is 2.98. The number of rotatable bonds is 9. The Morgan fingerprint density at radius 3 is 2.84 bits per heavy atom. The average molecular weight is 538 g/mol. The molecular weight excluding hydrogens is 503 g/mol. The fourth-order valence-corrected chi connectivity index (χ4v) is 3.61. The lowest BCUT2D eigenvalue weighted by atomic mass is 10.2. The number of hydrogen-bond donors (Lipinski definition) is 3. The van der Waals surface area contributed by atoms with E-state index in [4.69, 9.17) is 0 Å². The molecule has 1 aromatic heterocycles. The molecule has 0 saturated carbocycles. The predicted octanol–water partition coefficient (Wildman–Crippen LogP) is 3.61.